The van der Waals surface area contributed by atoms with Crippen LogP contribution in [0.2, 0.25) is 5.02 Å². The number of hydrogen-bond acceptors (Lipinski definition) is 6. The number of piperazine rings is 1. The summed E-state index contributed by atoms with van der Waals surface area (Å²) in [6.07, 6.45) is 3.91. The molecule has 3 aliphatic rings. The maximum Gasteiger partial charge on any atom is 0.245 e. The summed E-state index contributed by atoms with van der Waals surface area (Å²) in [6.45, 7) is 1.94. The Balaban J connectivity index is 1.20. The summed E-state index contributed by atoms with van der Waals surface area (Å²) >= 11 is 6.12. The molecule has 0 aromatic heterocycles. The van der Waals surface area contributed by atoms with Crippen LogP contribution in [-0.4, -0.2) is 86.0 Å². The van der Waals surface area contributed by atoms with Crippen molar-refractivity contribution in [1.29, 1.82) is 0 Å². The highest BCUT2D eigenvalue weighted by Gasteiger charge is 2.43. The van der Waals surface area contributed by atoms with E-state index in [-0.39, 0.29) is 31.0 Å². The van der Waals surface area contributed by atoms with E-state index in [0.29, 0.717) is 24.7 Å². The standard InChI is InChI=1S/C33H38ClN5O4S/c1-44(42,43)39-20-19-38(27-8-3-2-4-9-27)23-30(39)31(40)35-29(21-24-11-13-26(34)14-12-24)32(41)37-17-15-33(16-18-37)22-25-7-5-6-10-28(25)36-33/h2-14,29-30,36H,15-23H2,1H3,(H,35,40). The average Bonchev–Trinajstić information content (AvgIpc) is 3.39. The summed E-state index contributed by atoms with van der Waals surface area (Å²) in [7, 11) is -3.67. The summed E-state index contributed by atoms with van der Waals surface area (Å²) in [5.74, 6) is -0.648. The van der Waals surface area contributed by atoms with E-state index in [1.165, 1.54) is 9.87 Å². The van der Waals surface area contributed by atoms with E-state index in [2.05, 4.69) is 28.8 Å². The quantitative estimate of drug-likeness (QED) is 0.412. The van der Waals surface area contributed by atoms with Crippen LogP contribution in [-0.2, 0) is 32.5 Å². The number of hydrogen-bond donors (Lipinski definition) is 2. The molecule has 6 rings (SSSR count). The third-order valence-corrected chi connectivity index (χ3v) is 10.7. The van der Waals surface area contributed by atoms with Gasteiger partial charge in [0.25, 0.3) is 0 Å². The number of carbonyl (C=O) groups excluding carboxylic acids is 2. The molecule has 3 aromatic carbocycles. The van der Waals surface area contributed by atoms with Gasteiger partial charge in [0.2, 0.25) is 21.8 Å². The number of carbonyl (C=O) groups is 2. The summed E-state index contributed by atoms with van der Waals surface area (Å²) in [4.78, 5) is 31.9. The first-order valence-corrected chi connectivity index (χ1v) is 17.3. The van der Waals surface area contributed by atoms with Crippen LogP contribution in [0.4, 0.5) is 11.4 Å². The van der Waals surface area contributed by atoms with Crippen molar-refractivity contribution < 1.29 is 18.0 Å². The molecule has 2 N–H and O–H groups in total. The van der Waals surface area contributed by atoms with Gasteiger partial charge in [-0.3, -0.25) is 9.59 Å². The molecule has 3 aliphatic heterocycles. The predicted molar refractivity (Wildman–Crippen MR) is 173 cm³/mol. The zero-order valence-electron chi connectivity index (χ0n) is 24.8. The summed E-state index contributed by atoms with van der Waals surface area (Å²) in [5, 5.41) is 7.28. The van der Waals surface area contributed by atoms with Gasteiger partial charge in [-0.05, 0) is 60.7 Å². The number of nitrogens with one attached hydrogen (secondary N) is 2. The third kappa shape index (κ3) is 6.57. The first-order valence-electron chi connectivity index (χ1n) is 15.1. The number of para-hydroxylation sites is 2. The summed E-state index contributed by atoms with van der Waals surface area (Å²) in [6, 6.07) is 23.3. The van der Waals surface area contributed by atoms with Crippen LogP contribution in [0.3, 0.4) is 0 Å². The van der Waals surface area contributed by atoms with Gasteiger partial charge >= 0.3 is 0 Å². The maximum atomic E-state index is 14.1. The zero-order chi connectivity index (χ0) is 30.9. The van der Waals surface area contributed by atoms with Gasteiger partial charge in [-0.2, -0.15) is 4.31 Å². The highest BCUT2D eigenvalue weighted by molar-refractivity contribution is 7.88. The largest absolute Gasteiger partial charge is 0.379 e. The van der Waals surface area contributed by atoms with Crippen LogP contribution in [0.15, 0.2) is 78.9 Å². The van der Waals surface area contributed by atoms with Crippen molar-refractivity contribution in [2.45, 2.75) is 43.3 Å². The SMILES string of the molecule is CS(=O)(=O)N1CCN(c2ccccc2)CC1C(=O)NC(Cc1ccc(Cl)cc1)C(=O)N1CCC2(CC1)Cc1ccccc1N2. The number of fused-ring (bicyclic) bond motifs is 1. The average molecular weight is 636 g/mol. The molecular weight excluding hydrogens is 598 g/mol. The van der Waals surface area contributed by atoms with Crippen molar-refractivity contribution in [2.24, 2.45) is 0 Å². The van der Waals surface area contributed by atoms with Gasteiger partial charge in [0.15, 0.2) is 0 Å². The van der Waals surface area contributed by atoms with Crippen molar-refractivity contribution in [1.82, 2.24) is 14.5 Å². The van der Waals surface area contributed by atoms with Gasteiger partial charge < -0.3 is 20.4 Å². The summed E-state index contributed by atoms with van der Waals surface area (Å²) < 4.78 is 26.8. The number of amides is 2. The Kier molecular flexibility index (Phi) is 8.59. The second kappa shape index (κ2) is 12.4. The summed E-state index contributed by atoms with van der Waals surface area (Å²) in [5.41, 5.74) is 4.15. The van der Waals surface area contributed by atoms with Crippen molar-refractivity contribution in [3.05, 3.63) is 95.0 Å². The molecule has 232 valence electrons. The molecule has 2 amide bonds. The number of nitrogens with zero attached hydrogens (tertiary/aromatic N) is 3. The number of benzene rings is 3. The molecule has 3 aromatic rings. The second-order valence-corrected chi connectivity index (χ2v) is 14.5. The van der Waals surface area contributed by atoms with E-state index < -0.39 is 28.0 Å². The van der Waals surface area contributed by atoms with Gasteiger partial charge in [-0.1, -0.05) is 60.1 Å². The normalized spacial score (nSPS) is 20.5. The van der Waals surface area contributed by atoms with Crippen molar-refractivity contribution in [2.75, 3.05) is 49.2 Å². The monoisotopic (exact) mass is 635 g/mol. The van der Waals surface area contributed by atoms with E-state index >= 15 is 0 Å². The first-order chi connectivity index (χ1) is 21.1. The van der Waals surface area contributed by atoms with Crippen LogP contribution >= 0.6 is 11.6 Å². The first kappa shape index (κ1) is 30.4. The number of rotatable bonds is 7. The molecule has 1 spiro atoms. The molecule has 9 nitrogen and oxygen atoms in total. The Morgan fingerprint density at radius 1 is 0.955 bits per heavy atom. The van der Waals surface area contributed by atoms with Crippen molar-refractivity contribution >= 4 is 44.8 Å². The molecule has 2 atom stereocenters. The lowest BCUT2D eigenvalue weighted by molar-refractivity contribution is -0.138. The van der Waals surface area contributed by atoms with E-state index in [4.69, 9.17) is 11.6 Å². The lowest BCUT2D eigenvalue weighted by Gasteiger charge is -2.42. The minimum Gasteiger partial charge on any atom is -0.379 e. The molecule has 2 unspecified atom stereocenters. The third-order valence-electron chi connectivity index (χ3n) is 9.13. The van der Waals surface area contributed by atoms with Gasteiger partial charge in [0, 0.05) is 61.1 Å². The zero-order valence-corrected chi connectivity index (χ0v) is 26.4. The number of anilines is 2. The highest BCUT2D eigenvalue weighted by atomic mass is 35.5. The molecule has 2 fully saturated rings. The lowest BCUT2D eigenvalue weighted by Crippen LogP contribution is -2.63. The van der Waals surface area contributed by atoms with Crippen LogP contribution < -0.4 is 15.5 Å². The van der Waals surface area contributed by atoms with Crippen LogP contribution in [0.1, 0.15) is 24.0 Å². The smallest absolute Gasteiger partial charge is 0.245 e. The number of piperidine rings is 1. The minimum atomic E-state index is -3.67. The van der Waals surface area contributed by atoms with Crippen LogP contribution in [0, 0.1) is 0 Å². The molecule has 3 heterocycles. The second-order valence-electron chi connectivity index (χ2n) is 12.1. The van der Waals surface area contributed by atoms with Crippen LogP contribution in [0.25, 0.3) is 0 Å². The fourth-order valence-electron chi connectivity index (χ4n) is 6.74. The molecule has 44 heavy (non-hydrogen) atoms. The Morgan fingerprint density at radius 3 is 2.32 bits per heavy atom. The van der Waals surface area contributed by atoms with E-state index in [0.717, 1.165) is 42.5 Å². The van der Waals surface area contributed by atoms with E-state index in [9.17, 15) is 18.0 Å². The van der Waals surface area contributed by atoms with Crippen molar-refractivity contribution in [3.63, 3.8) is 0 Å². The number of sulfonamides is 1. The van der Waals surface area contributed by atoms with Gasteiger partial charge in [0.1, 0.15) is 12.1 Å². The topological polar surface area (TPSA) is 102 Å². The Morgan fingerprint density at radius 2 is 1.64 bits per heavy atom. The van der Waals surface area contributed by atoms with Crippen molar-refractivity contribution in [3.8, 4) is 0 Å². The maximum absolute atomic E-state index is 14.1. The van der Waals surface area contributed by atoms with E-state index in [1.807, 2.05) is 58.3 Å². The Hall–Kier alpha value is -3.60. The van der Waals surface area contributed by atoms with E-state index in [1.54, 1.807) is 12.1 Å². The Labute approximate surface area is 264 Å². The molecule has 0 aliphatic carbocycles. The Bertz CT molecular complexity index is 1580. The number of halogens is 1. The van der Waals surface area contributed by atoms with Gasteiger partial charge in [0.05, 0.1) is 6.26 Å². The molecule has 0 saturated carbocycles. The molecule has 2 saturated heterocycles. The van der Waals surface area contributed by atoms with Gasteiger partial charge in [-0.25, -0.2) is 8.42 Å². The molecule has 0 radical (unpaired) electrons. The fourth-order valence-corrected chi connectivity index (χ4v) is 7.91. The van der Waals surface area contributed by atoms with Gasteiger partial charge in [-0.15, -0.1) is 0 Å². The highest BCUT2D eigenvalue weighted by Crippen LogP contribution is 2.39. The predicted octanol–water partition coefficient (Wildman–Crippen LogP) is 3.55. The fraction of sp³-hybridized carbons (Fsp3) is 0.394. The lowest BCUT2D eigenvalue weighted by atomic mass is 9.84. The van der Waals surface area contributed by atoms with Crippen LogP contribution in [0.5, 0.6) is 0 Å². The number of likely N-dealkylation sites (tertiary alicyclic amines) is 1. The minimum absolute atomic E-state index is 0.0750. The molecule has 0 bridgehead atoms. The molecule has 11 heteroatoms. The molecular formula is C33H38ClN5O4S.